The van der Waals surface area contributed by atoms with Crippen LogP contribution in [0.3, 0.4) is 0 Å². The van der Waals surface area contributed by atoms with Crippen molar-refractivity contribution in [2.75, 3.05) is 24.3 Å². The predicted octanol–water partition coefficient (Wildman–Crippen LogP) is 3.93. The zero-order valence-corrected chi connectivity index (χ0v) is 12.8. The zero-order valence-electron chi connectivity index (χ0n) is 12.0. The number of hydrogen-bond donors (Lipinski definition) is 2. The molecule has 0 aromatic heterocycles. The largest absolute Gasteiger partial charge is 0.495 e. The van der Waals surface area contributed by atoms with Gasteiger partial charge in [-0.2, -0.15) is 0 Å². The Morgan fingerprint density at radius 3 is 2.73 bits per heavy atom. The normalized spacial score (nSPS) is 10.1. The van der Waals surface area contributed by atoms with Crippen molar-refractivity contribution in [2.45, 2.75) is 6.42 Å². The van der Waals surface area contributed by atoms with Gasteiger partial charge >= 0.3 is 0 Å². The molecule has 2 aromatic rings. The maximum Gasteiger partial charge on any atom is 0.226 e. The van der Waals surface area contributed by atoms with Crippen molar-refractivity contribution in [2.24, 2.45) is 0 Å². The Morgan fingerprint density at radius 2 is 2.00 bits per heavy atom. The first-order valence-electron chi connectivity index (χ1n) is 6.72. The summed E-state index contributed by atoms with van der Waals surface area (Å²) in [5.41, 5.74) is 0.876. The Hall–Kier alpha value is -2.27. The minimum atomic E-state index is -0.348. The van der Waals surface area contributed by atoms with Gasteiger partial charge < -0.3 is 15.4 Å². The summed E-state index contributed by atoms with van der Waals surface area (Å²) in [6.45, 7) is 0.315. The highest BCUT2D eigenvalue weighted by molar-refractivity contribution is 6.31. The summed E-state index contributed by atoms with van der Waals surface area (Å²) >= 11 is 5.90. The number of benzene rings is 2. The zero-order chi connectivity index (χ0) is 15.9. The summed E-state index contributed by atoms with van der Waals surface area (Å²) in [7, 11) is 1.51. The van der Waals surface area contributed by atoms with E-state index in [0.717, 1.165) is 0 Å². The van der Waals surface area contributed by atoms with Crippen molar-refractivity contribution < 1.29 is 13.9 Å². The third-order valence-electron chi connectivity index (χ3n) is 2.98. The molecule has 0 saturated heterocycles. The van der Waals surface area contributed by atoms with Gasteiger partial charge in [0.05, 0.1) is 18.5 Å². The van der Waals surface area contributed by atoms with Crippen LogP contribution in [0.2, 0.25) is 5.02 Å². The first kappa shape index (κ1) is 16.1. The molecular weight excluding hydrogens is 307 g/mol. The highest BCUT2D eigenvalue weighted by Gasteiger charge is 2.08. The Labute approximate surface area is 133 Å². The number of carbonyl (C=O) groups excluding carboxylic acids is 1. The smallest absolute Gasteiger partial charge is 0.226 e. The van der Waals surface area contributed by atoms with E-state index in [9.17, 15) is 9.18 Å². The minimum absolute atomic E-state index is 0.185. The van der Waals surface area contributed by atoms with E-state index >= 15 is 0 Å². The SMILES string of the molecule is COc1ccc(Cl)cc1NC(=O)CCNc1ccccc1F. The minimum Gasteiger partial charge on any atom is -0.495 e. The number of rotatable bonds is 6. The molecule has 1 amide bonds. The molecule has 0 aliphatic heterocycles. The van der Waals surface area contributed by atoms with E-state index in [1.54, 1.807) is 36.4 Å². The van der Waals surface area contributed by atoms with Gasteiger partial charge in [-0.05, 0) is 30.3 Å². The average molecular weight is 323 g/mol. The number of methoxy groups -OCH3 is 1. The van der Waals surface area contributed by atoms with Crippen LogP contribution in [-0.4, -0.2) is 19.6 Å². The van der Waals surface area contributed by atoms with Crippen LogP contribution >= 0.6 is 11.6 Å². The van der Waals surface area contributed by atoms with E-state index in [4.69, 9.17) is 16.3 Å². The second kappa shape index (κ2) is 7.66. The fourth-order valence-corrected chi connectivity index (χ4v) is 2.08. The molecule has 0 aliphatic rings. The standard InChI is InChI=1S/C16H16ClFN2O2/c1-22-15-7-6-11(17)10-14(15)20-16(21)8-9-19-13-5-3-2-4-12(13)18/h2-7,10,19H,8-9H2,1H3,(H,20,21). The van der Waals surface area contributed by atoms with Crippen molar-refractivity contribution in [3.8, 4) is 5.75 Å². The van der Waals surface area contributed by atoms with Gasteiger partial charge in [0.2, 0.25) is 5.91 Å². The number of ether oxygens (including phenoxy) is 1. The lowest BCUT2D eigenvalue weighted by Gasteiger charge is -2.11. The van der Waals surface area contributed by atoms with Crippen molar-refractivity contribution in [3.63, 3.8) is 0 Å². The second-order valence-corrected chi connectivity index (χ2v) is 4.99. The topological polar surface area (TPSA) is 50.4 Å². The van der Waals surface area contributed by atoms with Gasteiger partial charge in [-0.1, -0.05) is 23.7 Å². The highest BCUT2D eigenvalue weighted by atomic mass is 35.5. The number of amides is 1. The van der Waals surface area contributed by atoms with Gasteiger partial charge in [-0.15, -0.1) is 0 Å². The van der Waals surface area contributed by atoms with E-state index < -0.39 is 0 Å². The van der Waals surface area contributed by atoms with Crippen molar-refractivity contribution in [1.29, 1.82) is 0 Å². The van der Waals surface area contributed by atoms with Crippen LogP contribution < -0.4 is 15.4 Å². The molecule has 0 saturated carbocycles. The number of para-hydroxylation sites is 1. The average Bonchev–Trinajstić information content (AvgIpc) is 2.49. The summed E-state index contributed by atoms with van der Waals surface area (Å²) in [4.78, 5) is 11.9. The van der Waals surface area contributed by atoms with Gasteiger partial charge in [0.25, 0.3) is 0 Å². The first-order chi connectivity index (χ1) is 10.6. The van der Waals surface area contributed by atoms with Gasteiger partial charge in [0.15, 0.2) is 0 Å². The lowest BCUT2D eigenvalue weighted by atomic mass is 10.2. The molecule has 0 bridgehead atoms. The number of carbonyl (C=O) groups is 1. The number of anilines is 2. The molecule has 0 unspecified atom stereocenters. The maximum absolute atomic E-state index is 13.4. The Kier molecular flexibility index (Phi) is 5.61. The van der Waals surface area contributed by atoms with Crippen molar-refractivity contribution >= 4 is 28.9 Å². The molecule has 0 spiro atoms. The summed E-state index contributed by atoms with van der Waals surface area (Å²) in [6.07, 6.45) is 0.185. The lowest BCUT2D eigenvalue weighted by Crippen LogP contribution is -2.17. The Morgan fingerprint density at radius 1 is 1.23 bits per heavy atom. The van der Waals surface area contributed by atoms with E-state index in [0.29, 0.717) is 28.7 Å². The second-order valence-electron chi connectivity index (χ2n) is 4.55. The molecule has 0 aliphatic carbocycles. The fourth-order valence-electron chi connectivity index (χ4n) is 1.91. The van der Waals surface area contributed by atoms with Crippen LogP contribution in [-0.2, 0) is 4.79 Å². The monoisotopic (exact) mass is 322 g/mol. The Balaban J connectivity index is 1.88. The van der Waals surface area contributed by atoms with Crippen LogP contribution in [0.25, 0.3) is 0 Å². The van der Waals surface area contributed by atoms with Gasteiger partial charge in [0.1, 0.15) is 11.6 Å². The van der Waals surface area contributed by atoms with Gasteiger partial charge in [-0.25, -0.2) is 4.39 Å². The molecule has 2 rings (SSSR count). The summed E-state index contributed by atoms with van der Waals surface area (Å²) in [6, 6.07) is 11.3. The third-order valence-corrected chi connectivity index (χ3v) is 3.21. The number of nitrogens with one attached hydrogen (secondary N) is 2. The first-order valence-corrected chi connectivity index (χ1v) is 7.09. The number of halogens is 2. The van der Waals surface area contributed by atoms with Crippen LogP contribution in [0.4, 0.5) is 15.8 Å². The van der Waals surface area contributed by atoms with E-state index in [-0.39, 0.29) is 18.1 Å². The van der Waals surface area contributed by atoms with E-state index in [1.165, 1.54) is 13.2 Å². The Bertz CT molecular complexity index is 664. The van der Waals surface area contributed by atoms with Gasteiger partial charge in [0, 0.05) is 18.0 Å². The quantitative estimate of drug-likeness (QED) is 0.847. The fraction of sp³-hybridized carbons (Fsp3) is 0.188. The molecule has 116 valence electrons. The van der Waals surface area contributed by atoms with E-state index in [1.807, 2.05) is 0 Å². The van der Waals surface area contributed by atoms with Crippen LogP contribution in [0.15, 0.2) is 42.5 Å². The number of hydrogen-bond acceptors (Lipinski definition) is 3. The van der Waals surface area contributed by atoms with Crippen molar-refractivity contribution in [3.05, 3.63) is 53.3 Å². The molecular formula is C16H16ClFN2O2. The van der Waals surface area contributed by atoms with E-state index in [2.05, 4.69) is 10.6 Å². The molecule has 0 heterocycles. The van der Waals surface area contributed by atoms with Crippen LogP contribution in [0.5, 0.6) is 5.75 Å². The molecule has 0 fully saturated rings. The maximum atomic E-state index is 13.4. The summed E-state index contributed by atoms with van der Waals surface area (Å²) in [5, 5.41) is 6.10. The van der Waals surface area contributed by atoms with Crippen LogP contribution in [0, 0.1) is 5.82 Å². The molecule has 0 atom stereocenters. The molecule has 0 radical (unpaired) electrons. The molecule has 2 N–H and O–H groups in total. The predicted molar refractivity (Wildman–Crippen MR) is 86.1 cm³/mol. The molecule has 2 aromatic carbocycles. The van der Waals surface area contributed by atoms with Gasteiger partial charge in [-0.3, -0.25) is 4.79 Å². The molecule has 22 heavy (non-hydrogen) atoms. The van der Waals surface area contributed by atoms with Crippen molar-refractivity contribution in [1.82, 2.24) is 0 Å². The molecule has 6 heteroatoms. The highest BCUT2D eigenvalue weighted by Crippen LogP contribution is 2.27. The third kappa shape index (κ3) is 4.36. The lowest BCUT2D eigenvalue weighted by molar-refractivity contribution is -0.116. The summed E-state index contributed by atoms with van der Waals surface area (Å²) in [5.74, 6) is -0.0383. The van der Waals surface area contributed by atoms with Crippen LogP contribution in [0.1, 0.15) is 6.42 Å². The summed E-state index contributed by atoms with van der Waals surface area (Å²) < 4.78 is 18.6. The molecule has 4 nitrogen and oxygen atoms in total.